The molecule has 11 nitrogen and oxygen atoms in total. The normalized spacial score (nSPS) is 15.4. The third-order valence-corrected chi connectivity index (χ3v) is 8.72. The number of nitrogens with zero attached hydrogens (tertiary/aromatic N) is 2. The number of ketones is 1. The van der Waals surface area contributed by atoms with Gasteiger partial charge >= 0.3 is 11.9 Å². The van der Waals surface area contributed by atoms with Crippen molar-refractivity contribution in [3.8, 4) is 23.0 Å². The van der Waals surface area contributed by atoms with Crippen LogP contribution in [0.25, 0.3) is 5.76 Å². The number of anilines is 1. The number of benzene rings is 3. The number of aromatic nitrogens is 1. The Hall–Kier alpha value is -5.36. The van der Waals surface area contributed by atoms with Gasteiger partial charge in [-0.15, -0.1) is 0 Å². The largest absolute Gasteiger partial charge is 0.507 e. The summed E-state index contributed by atoms with van der Waals surface area (Å²) in [6.45, 7) is 5.61. The monoisotopic (exact) mass is 658 g/mol. The Balaban J connectivity index is 1.65. The van der Waals surface area contributed by atoms with E-state index in [0.717, 1.165) is 16.9 Å². The molecule has 47 heavy (non-hydrogen) atoms. The van der Waals surface area contributed by atoms with Gasteiger partial charge in [-0.25, -0.2) is 9.78 Å². The molecule has 12 heteroatoms. The van der Waals surface area contributed by atoms with Gasteiger partial charge in [0.15, 0.2) is 16.6 Å². The minimum Gasteiger partial charge on any atom is -0.507 e. The number of aliphatic hydroxyl groups is 1. The molecule has 1 aliphatic rings. The minimum absolute atomic E-state index is 0.0753. The summed E-state index contributed by atoms with van der Waals surface area (Å²) in [7, 11) is 4.34. The van der Waals surface area contributed by atoms with Gasteiger partial charge in [-0.2, -0.15) is 0 Å². The molecule has 0 spiro atoms. The Morgan fingerprint density at radius 2 is 1.62 bits per heavy atom. The van der Waals surface area contributed by atoms with E-state index in [2.05, 4.69) is 4.98 Å². The maximum Gasteiger partial charge on any atom is 0.350 e. The van der Waals surface area contributed by atoms with Crippen LogP contribution in [-0.2, 0) is 20.9 Å². The van der Waals surface area contributed by atoms with Crippen molar-refractivity contribution in [1.29, 1.82) is 0 Å². The number of rotatable bonds is 11. The van der Waals surface area contributed by atoms with Crippen molar-refractivity contribution in [1.82, 2.24) is 4.98 Å². The lowest BCUT2D eigenvalue weighted by molar-refractivity contribution is -0.132. The van der Waals surface area contributed by atoms with Gasteiger partial charge in [0.05, 0.1) is 45.2 Å². The highest BCUT2D eigenvalue weighted by molar-refractivity contribution is 7.17. The number of amides is 1. The first-order valence-electron chi connectivity index (χ1n) is 14.7. The smallest absolute Gasteiger partial charge is 0.350 e. The molecule has 5 rings (SSSR count). The van der Waals surface area contributed by atoms with Gasteiger partial charge in [-0.3, -0.25) is 14.5 Å². The lowest BCUT2D eigenvalue weighted by Crippen LogP contribution is -2.29. The number of aliphatic hydroxyl groups excluding tert-OH is 1. The van der Waals surface area contributed by atoms with Crippen LogP contribution in [0, 0.1) is 13.8 Å². The van der Waals surface area contributed by atoms with E-state index >= 15 is 0 Å². The standard InChI is InChI=1S/C35H34N2O9S/c1-7-45-34(41)32-20(3)36-35(47-32)37-28(23-16-25(42-4)31(44-6)26(17-23)43-5)27(30(39)33(37)40)29(38)22-13-14-24(19(2)15-22)46-18-21-11-9-8-10-12-21/h8-17,28,38H,7,18H2,1-6H3/t28-/m1/s1. The van der Waals surface area contributed by atoms with Crippen LogP contribution in [-0.4, -0.2) is 55.7 Å². The molecule has 0 bridgehead atoms. The van der Waals surface area contributed by atoms with Crippen LogP contribution in [0.1, 0.15) is 50.6 Å². The maximum atomic E-state index is 13.8. The van der Waals surface area contributed by atoms with Gasteiger partial charge in [0.25, 0.3) is 5.78 Å². The van der Waals surface area contributed by atoms with Crippen LogP contribution in [0.2, 0.25) is 0 Å². The quantitative estimate of drug-likeness (QED) is 0.0864. The number of carbonyl (C=O) groups is 3. The number of hydrogen-bond acceptors (Lipinski definition) is 11. The molecular weight excluding hydrogens is 624 g/mol. The summed E-state index contributed by atoms with van der Waals surface area (Å²) < 4.78 is 27.8. The molecule has 0 saturated carbocycles. The minimum atomic E-state index is -1.18. The number of methoxy groups -OCH3 is 3. The second kappa shape index (κ2) is 14.0. The van der Waals surface area contributed by atoms with Gasteiger partial charge in [-0.05, 0) is 67.8 Å². The van der Waals surface area contributed by atoms with Crippen LogP contribution in [0.5, 0.6) is 23.0 Å². The van der Waals surface area contributed by atoms with Crippen molar-refractivity contribution < 1.29 is 43.2 Å². The number of aryl methyl sites for hydroxylation is 2. The molecule has 4 aromatic rings. The van der Waals surface area contributed by atoms with Crippen LogP contribution in [0.3, 0.4) is 0 Å². The Labute approximate surface area is 275 Å². The van der Waals surface area contributed by atoms with Crippen molar-refractivity contribution in [2.75, 3.05) is 32.8 Å². The van der Waals surface area contributed by atoms with E-state index < -0.39 is 29.5 Å². The number of thiazole rings is 1. The molecule has 1 aliphatic heterocycles. The molecule has 0 unspecified atom stereocenters. The summed E-state index contributed by atoms with van der Waals surface area (Å²) in [5, 5.41) is 11.8. The maximum absolute atomic E-state index is 13.8. The molecule has 0 radical (unpaired) electrons. The fourth-order valence-corrected chi connectivity index (χ4v) is 6.31. The third kappa shape index (κ3) is 6.36. The van der Waals surface area contributed by atoms with Crippen LogP contribution in [0.4, 0.5) is 5.13 Å². The first-order chi connectivity index (χ1) is 22.6. The van der Waals surface area contributed by atoms with Crippen molar-refractivity contribution >= 4 is 39.9 Å². The van der Waals surface area contributed by atoms with Gasteiger partial charge < -0.3 is 28.8 Å². The highest BCUT2D eigenvalue weighted by Gasteiger charge is 2.49. The van der Waals surface area contributed by atoms with Crippen LogP contribution >= 0.6 is 11.3 Å². The summed E-state index contributed by atoms with van der Waals surface area (Å²) in [4.78, 5) is 46.1. The first kappa shape index (κ1) is 33.0. The van der Waals surface area contributed by atoms with Crippen LogP contribution < -0.4 is 23.8 Å². The number of hydrogen-bond donors (Lipinski definition) is 1. The van der Waals surface area contributed by atoms with E-state index in [9.17, 15) is 19.5 Å². The Morgan fingerprint density at radius 3 is 2.21 bits per heavy atom. The molecule has 0 aliphatic carbocycles. The summed E-state index contributed by atoms with van der Waals surface area (Å²) in [5.41, 5.74) is 2.51. The van der Waals surface area contributed by atoms with Gasteiger partial charge in [0, 0.05) is 5.56 Å². The Morgan fingerprint density at radius 1 is 0.936 bits per heavy atom. The SMILES string of the molecule is CCOC(=O)c1sc(N2C(=O)C(=O)C(=C(O)c3ccc(OCc4ccccc4)c(C)c3)[C@H]2c2cc(OC)c(OC)c(OC)c2)nc1C. The molecule has 1 fully saturated rings. The lowest BCUT2D eigenvalue weighted by Gasteiger charge is -2.24. The second-order valence-corrected chi connectivity index (χ2v) is 11.5. The predicted molar refractivity (Wildman–Crippen MR) is 176 cm³/mol. The highest BCUT2D eigenvalue weighted by Crippen LogP contribution is 2.48. The fraction of sp³-hybridized carbons (Fsp3) is 0.257. The average Bonchev–Trinajstić information content (AvgIpc) is 3.59. The summed E-state index contributed by atoms with van der Waals surface area (Å²) >= 11 is 0.913. The first-order valence-corrected chi connectivity index (χ1v) is 15.5. The second-order valence-electron chi connectivity index (χ2n) is 10.5. The summed E-state index contributed by atoms with van der Waals surface area (Å²) in [6, 6.07) is 16.7. The van der Waals surface area contributed by atoms with E-state index in [1.165, 1.54) is 26.2 Å². The zero-order valence-electron chi connectivity index (χ0n) is 26.8. The van der Waals surface area contributed by atoms with E-state index in [1.807, 2.05) is 37.3 Å². The molecule has 3 aromatic carbocycles. The predicted octanol–water partition coefficient (Wildman–Crippen LogP) is 6.17. The molecule has 1 saturated heterocycles. The number of Topliss-reactive ketones (excluding diaryl/α,β-unsaturated/α-hetero) is 1. The van der Waals surface area contributed by atoms with Crippen LogP contribution in [0.15, 0.2) is 66.2 Å². The van der Waals surface area contributed by atoms with E-state index in [1.54, 1.807) is 44.2 Å². The zero-order chi connectivity index (χ0) is 33.8. The van der Waals surface area contributed by atoms with E-state index in [0.29, 0.717) is 40.5 Å². The topological polar surface area (TPSA) is 134 Å². The molecule has 1 aromatic heterocycles. The molecule has 2 heterocycles. The number of ether oxygens (including phenoxy) is 5. The van der Waals surface area contributed by atoms with E-state index in [-0.39, 0.29) is 33.7 Å². The van der Waals surface area contributed by atoms with Crippen molar-refractivity contribution in [3.05, 3.63) is 99.1 Å². The summed E-state index contributed by atoms with van der Waals surface area (Å²) in [5.74, 6) is -1.44. The lowest BCUT2D eigenvalue weighted by atomic mass is 9.94. The molecule has 1 amide bonds. The van der Waals surface area contributed by atoms with Gasteiger partial charge in [-0.1, -0.05) is 41.7 Å². The average molecular weight is 659 g/mol. The van der Waals surface area contributed by atoms with Gasteiger partial charge in [0.1, 0.15) is 23.0 Å². The molecule has 244 valence electrons. The molecular formula is C35H34N2O9S. The van der Waals surface area contributed by atoms with Crippen molar-refractivity contribution in [2.24, 2.45) is 0 Å². The zero-order valence-corrected chi connectivity index (χ0v) is 27.6. The van der Waals surface area contributed by atoms with Crippen molar-refractivity contribution in [3.63, 3.8) is 0 Å². The third-order valence-electron chi connectivity index (χ3n) is 7.58. The van der Waals surface area contributed by atoms with Gasteiger partial charge in [0.2, 0.25) is 5.75 Å². The highest BCUT2D eigenvalue weighted by atomic mass is 32.1. The summed E-state index contributed by atoms with van der Waals surface area (Å²) in [6.07, 6.45) is 0. The number of esters is 1. The number of carbonyl (C=O) groups excluding carboxylic acids is 3. The Kier molecular flexibility index (Phi) is 9.80. The molecule has 1 N–H and O–H groups in total. The van der Waals surface area contributed by atoms with E-state index in [4.69, 9.17) is 23.7 Å². The fourth-order valence-electron chi connectivity index (χ4n) is 5.33. The van der Waals surface area contributed by atoms with Crippen molar-refractivity contribution in [2.45, 2.75) is 33.4 Å². The molecule has 1 atom stereocenters. The Bertz CT molecular complexity index is 1840.